The van der Waals surface area contributed by atoms with Crippen molar-refractivity contribution < 1.29 is 4.79 Å². The Morgan fingerprint density at radius 1 is 1.53 bits per heavy atom. The molecule has 0 amide bonds. The summed E-state index contributed by atoms with van der Waals surface area (Å²) >= 11 is 0. The molecule has 0 bridgehead atoms. The summed E-state index contributed by atoms with van der Waals surface area (Å²) in [6.07, 6.45) is 3.34. The van der Waals surface area contributed by atoms with Crippen molar-refractivity contribution >= 4 is 5.78 Å². The molecule has 0 aromatic carbocycles. The minimum absolute atomic E-state index is 0.220. The first-order valence-corrected chi connectivity index (χ1v) is 5.47. The number of rotatable bonds is 4. The highest BCUT2D eigenvalue weighted by Gasteiger charge is 2.24. The molecule has 2 rings (SSSR count). The van der Waals surface area contributed by atoms with Crippen molar-refractivity contribution in [1.82, 2.24) is 10.3 Å². The summed E-state index contributed by atoms with van der Waals surface area (Å²) < 4.78 is 0. The number of hydrogen-bond donors (Lipinski definition) is 1. The van der Waals surface area contributed by atoms with Crippen LogP contribution in [0.5, 0.6) is 0 Å². The fourth-order valence-corrected chi connectivity index (χ4v) is 1.61. The maximum atomic E-state index is 11.7. The normalized spacial score (nSPS) is 16.1. The second kappa shape index (κ2) is 4.53. The van der Waals surface area contributed by atoms with Gasteiger partial charge in [0.05, 0.1) is 0 Å². The quantitative estimate of drug-likeness (QED) is 0.794. The number of Topliss-reactive ketones (excluding diaryl/α,β-unsaturated/α-hetero) is 1. The molecule has 1 aliphatic rings. The highest BCUT2D eigenvalue weighted by Crippen LogP contribution is 2.09. The van der Waals surface area contributed by atoms with Gasteiger partial charge in [-0.05, 0) is 18.1 Å². The Morgan fingerprint density at radius 2 is 2.33 bits per heavy atom. The topological polar surface area (TPSA) is 42.0 Å². The third-order valence-electron chi connectivity index (χ3n) is 2.89. The van der Waals surface area contributed by atoms with E-state index in [2.05, 4.69) is 23.3 Å². The fraction of sp³-hybridized carbons (Fsp3) is 0.500. The third kappa shape index (κ3) is 2.42. The number of carbonyl (C=O) groups is 1. The summed E-state index contributed by atoms with van der Waals surface area (Å²) in [5.74, 6) is 0.531. The largest absolute Gasteiger partial charge is 0.315 e. The molecule has 3 nitrogen and oxygen atoms in total. The molecule has 80 valence electrons. The Morgan fingerprint density at radius 3 is 2.80 bits per heavy atom. The zero-order valence-electron chi connectivity index (χ0n) is 8.99. The van der Waals surface area contributed by atoms with Gasteiger partial charge in [-0.3, -0.25) is 9.78 Å². The van der Waals surface area contributed by atoms with Crippen LogP contribution in [0.3, 0.4) is 0 Å². The van der Waals surface area contributed by atoms with Crippen molar-refractivity contribution in [3.63, 3.8) is 0 Å². The molecule has 0 unspecified atom stereocenters. The van der Waals surface area contributed by atoms with Crippen molar-refractivity contribution in [2.75, 3.05) is 13.1 Å². The van der Waals surface area contributed by atoms with E-state index in [1.54, 1.807) is 0 Å². The summed E-state index contributed by atoms with van der Waals surface area (Å²) in [5.41, 5.74) is 2.11. The van der Waals surface area contributed by atoms with E-state index in [4.69, 9.17) is 0 Å². The average molecular weight is 204 g/mol. The Hall–Kier alpha value is -1.22. The molecular weight excluding hydrogens is 188 g/mol. The smallest absolute Gasteiger partial charge is 0.144 e. The molecule has 1 aliphatic heterocycles. The lowest BCUT2D eigenvalue weighted by Crippen LogP contribution is -2.47. The van der Waals surface area contributed by atoms with E-state index in [1.165, 1.54) is 5.56 Å². The van der Waals surface area contributed by atoms with Gasteiger partial charge in [-0.1, -0.05) is 13.0 Å². The first-order chi connectivity index (χ1) is 7.29. The van der Waals surface area contributed by atoms with Crippen LogP contribution in [0.2, 0.25) is 0 Å². The van der Waals surface area contributed by atoms with E-state index in [9.17, 15) is 4.79 Å². The molecule has 1 N–H and O–H groups in total. The van der Waals surface area contributed by atoms with Gasteiger partial charge in [-0.2, -0.15) is 0 Å². The summed E-state index contributed by atoms with van der Waals surface area (Å²) in [5, 5.41) is 3.10. The van der Waals surface area contributed by atoms with E-state index in [1.807, 2.05) is 12.3 Å². The van der Waals surface area contributed by atoms with E-state index < -0.39 is 0 Å². The average Bonchev–Trinajstić information content (AvgIpc) is 2.16. The molecule has 1 aromatic rings. The van der Waals surface area contributed by atoms with Crippen LogP contribution < -0.4 is 5.32 Å². The van der Waals surface area contributed by atoms with E-state index >= 15 is 0 Å². The molecule has 0 aliphatic carbocycles. The summed E-state index contributed by atoms with van der Waals surface area (Å²) in [6, 6.07) is 4.01. The van der Waals surface area contributed by atoms with Crippen molar-refractivity contribution in [2.45, 2.75) is 19.8 Å². The van der Waals surface area contributed by atoms with Crippen LogP contribution in [0.25, 0.3) is 0 Å². The standard InChI is InChI=1S/C12H16N2O/c1-2-9-3-4-11(14-6-9)5-12(15)10-7-13-8-10/h3-4,6,10,13H,2,5,7-8H2,1H3. The van der Waals surface area contributed by atoms with Crippen LogP contribution in [0.15, 0.2) is 18.3 Å². The molecule has 1 saturated heterocycles. The van der Waals surface area contributed by atoms with Crippen molar-refractivity contribution in [2.24, 2.45) is 5.92 Å². The van der Waals surface area contributed by atoms with Crippen molar-refractivity contribution in [3.05, 3.63) is 29.6 Å². The Balaban J connectivity index is 1.94. The first-order valence-electron chi connectivity index (χ1n) is 5.47. The van der Waals surface area contributed by atoms with Gasteiger partial charge in [-0.25, -0.2) is 0 Å². The van der Waals surface area contributed by atoms with Gasteiger partial charge in [0.25, 0.3) is 0 Å². The minimum atomic E-state index is 0.220. The number of hydrogen-bond acceptors (Lipinski definition) is 3. The van der Waals surface area contributed by atoms with Gasteiger partial charge in [0, 0.05) is 37.3 Å². The third-order valence-corrected chi connectivity index (χ3v) is 2.89. The van der Waals surface area contributed by atoms with Crippen molar-refractivity contribution in [3.8, 4) is 0 Å². The van der Waals surface area contributed by atoms with Crippen LogP contribution in [-0.4, -0.2) is 23.9 Å². The van der Waals surface area contributed by atoms with Crippen molar-refractivity contribution in [1.29, 1.82) is 0 Å². The molecule has 1 aromatic heterocycles. The number of aromatic nitrogens is 1. The highest BCUT2D eigenvalue weighted by molar-refractivity contribution is 5.84. The predicted molar refractivity (Wildman–Crippen MR) is 58.7 cm³/mol. The van der Waals surface area contributed by atoms with Gasteiger partial charge in [0.1, 0.15) is 5.78 Å². The first kappa shape index (κ1) is 10.3. The molecule has 0 spiro atoms. The second-order valence-corrected chi connectivity index (χ2v) is 4.01. The van der Waals surface area contributed by atoms with Gasteiger partial charge < -0.3 is 5.32 Å². The highest BCUT2D eigenvalue weighted by atomic mass is 16.1. The van der Waals surface area contributed by atoms with Crippen LogP contribution >= 0.6 is 0 Å². The number of nitrogens with zero attached hydrogens (tertiary/aromatic N) is 1. The zero-order valence-corrected chi connectivity index (χ0v) is 8.99. The van der Waals surface area contributed by atoms with Gasteiger partial charge >= 0.3 is 0 Å². The molecule has 0 saturated carbocycles. The fourth-order valence-electron chi connectivity index (χ4n) is 1.61. The number of aryl methyl sites for hydroxylation is 1. The van der Waals surface area contributed by atoms with Gasteiger partial charge in [-0.15, -0.1) is 0 Å². The molecule has 3 heteroatoms. The Bertz CT molecular complexity index is 341. The van der Waals surface area contributed by atoms with Crippen LogP contribution in [0, 0.1) is 5.92 Å². The maximum absolute atomic E-state index is 11.7. The lowest BCUT2D eigenvalue weighted by molar-refractivity contribution is -0.123. The molecule has 15 heavy (non-hydrogen) atoms. The van der Waals surface area contributed by atoms with E-state index in [-0.39, 0.29) is 5.92 Å². The molecule has 2 heterocycles. The minimum Gasteiger partial charge on any atom is -0.315 e. The number of pyridine rings is 1. The SMILES string of the molecule is CCc1ccc(CC(=O)C2CNC2)nc1. The van der Waals surface area contributed by atoms with Crippen LogP contribution in [0.4, 0.5) is 0 Å². The molecule has 0 atom stereocenters. The van der Waals surface area contributed by atoms with E-state index in [0.717, 1.165) is 25.2 Å². The summed E-state index contributed by atoms with van der Waals surface area (Å²) in [7, 11) is 0. The lowest BCUT2D eigenvalue weighted by atomic mass is 9.95. The maximum Gasteiger partial charge on any atom is 0.144 e. The van der Waals surface area contributed by atoms with E-state index in [0.29, 0.717) is 12.2 Å². The van der Waals surface area contributed by atoms with Crippen LogP contribution in [0.1, 0.15) is 18.2 Å². The predicted octanol–water partition coefficient (Wildman–Crippen LogP) is 0.975. The summed E-state index contributed by atoms with van der Waals surface area (Å²) in [4.78, 5) is 16.0. The molecule has 0 radical (unpaired) electrons. The second-order valence-electron chi connectivity index (χ2n) is 4.01. The van der Waals surface area contributed by atoms with Gasteiger partial charge in [0.15, 0.2) is 0 Å². The molecule has 1 fully saturated rings. The number of ketones is 1. The Kier molecular flexibility index (Phi) is 3.11. The lowest BCUT2D eigenvalue weighted by Gasteiger charge is -2.25. The number of carbonyl (C=O) groups excluding carboxylic acids is 1. The van der Waals surface area contributed by atoms with Gasteiger partial charge in [0.2, 0.25) is 0 Å². The summed E-state index contributed by atoms with van der Waals surface area (Å²) in [6.45, 7) is 3.78. The number of nitrogens with one attached hydrogen (secondary N) is 1. The van der Waals surface area contributed by atoms with Crippen LogP contribution in [-0.2, 0) is 17.6 Å². The monoisotopic (exact) mass is 204 g/mol. The Labute approximate surface area is 89.9 Å². The molecular formula is C12H16N2O. The zero-order chi connectivity index (χ0) is 10.7.